The molecule has 0 aliphatic carbocycles. The molecule has 0 amide bonds. The second-order valence-corrected chi connectivity index (χ2v) is 26.2. The number of pyridine rings is 6. The van der Waals surface area contributed by atoms with Crippen molar-refractivity contribution in [2.75, 3.05) is 0 Å². The van der Waals surface area contributed by atoms with Crippen molar-refractivity contribution in [1.29, 1.82) is 0 Å². The van der Waals surface area contributed by atoms with E-state index >= 15 is 0 Å². The number of allylic oxidation sites excluding steroid dienone is 4. The van der Waals surface area contributed by atoms with E-state index in [0.29, 0.717) is 11.3 Å². The van der Waals surface area contributed by atoms with Crippen LogP contribution in [-0.2, 0) is 110 Å². The van der Waals surface area contributed by atoms with Gasteiger partial charge in [0, 0.05) is 150 Å². The molecule has 6 aromatic heterocycles. The normalized spacial score (nSPS) is 10.5. The van der Waals surface area contributed by atoms with Crippen LogP contribution in [0.3, 0.4) is 0 Å². The quantitative estimate of drug-likeness (QED) is 0.0648. The van der Waals surface area contributed by atoms with E-state index in [1.165, 1.54) is 102 Å². The number of nitrogens with zero attached hydrogens (tertiary/aromatic N) is 6. The van der Waals surface area contributed by atoms with E-state index in [0.717, 1.165) is 61.9 Å². The van der Waals surface area contributed by atoms with Crippen LogP contribution in [0.2, 0.25) is 0 Å². The first-order valence-electron chi connectivity index (χ1n) is 40.4. The zero-order valence-corrected chi connectivity index (χ0v) is 79.9. The van der Waals surface area contributed by atoms with Gasteiger partial charge in [-0.25, -0.2) is 0 Å². The number of benzene rings is 11. The molecule has 17 rings (SSSR count). The average Bonchev–Trinajstić information content (AvgIpc) is 0.775. The van der Waals surface area contributed by atoms with Crippen molar-refractivity contribution in [1.82, 2.24) is 29.9 Å². The van der Waals surface area contributed by atoms with Crippen molar-refractivity contribution in [3.05, 3.63) is 472 Å². The number of aryl methyl sites for hydroxylation is 2. The second-order valence-electron chi connectivity index (χ2n) is 26.2. The summed E-state index contributed by atoms with van der Waals surface area (Å²) in [7, 11) is 0. The third-order valence-corrected chi connectivity index (χ3v) is 17.1. The Morgan fingerprint density at radius 1 is 0.293 bits per heavy atom. The summed E-state index contributed by atoms with van der Waals surface area (Å²) in [5, 5.41) is 16.7. The van der Waals surface area contributed by atoms with Crippen molar-refractivity contribution in [2.45, 2.75) is 41.5 Å². The van der Waals surface area contributed by atoms with E-state index in [-0.39, 0.29) is 153 Å². The molecule has 0 atom stereocenters. The molecule has 0 saturated heterocycles. The van der Waals surface area contributed by atoms with E-state index in [1.807, 2.05) is 206 Å². The molecule has 0 fully saturated rings. The minimum atomic E-state index is -0.396. The van der Waals surface area contributed by atoms with Crippen LogP contribution in [0.1, 0.15) is 45.7 Å². The van der Waals surface area contributed by atoms with E-state index in [9.17, 15) is 9.59 Å². The molecule has 123 heavy (non-hydrogen) atoms. The van der Waals surface area contributed by atoms with Gasteiger partial charge in [-0.1, -0.05) is 257 Å². The van der Waals surface area contributed by atoms with E-state index in [2.05, 4.69) is 195 Å². The number of hydrogen-bond acceptors (Lipinski definition) is 10. The second kappa shape index (κ2) is 56.6. The zero-order chi connectivity index (χ0) is 87.1. The third-order valence-electron chi connectivity index (χ3n) is 17.1. The summed E-state index contributed by atoms with van der Waals surface area (Å²) >= 11 is 0. The van der Waals surface area contributed by atoms with Crippen LogP contribution in [0.4, 0.5) is 0 Å². The number of hydrogen-bond donors (Lipinski definition) is 2. The van der Waals surface area contributed by atoms with E-state index in [1.54, 1.807) is 43.0 Å². The molecular formula is C108H88Ir5N6O4-6. The summed E-state index contributed by atoms with van der Waals surface area (Å²) in [6, 6.07) is 128. The van der Waals surface area contributed by atoms with Crippen LogP contribution in [0.25, 0.3) is 123 Å². The molecule has 0 bridgehead atoms. The zero-order valence-electron chi connectivity index (χ0n) is 72.9. The van der Waals surface area contributed by atoms with Crippen LogP contribution in [0.5, 0.6) is 0 Å². The average molecular weight is 2500 g/mol. The van der Waals surface area contributed by atoms with Gasteiger partial charge in [0.15, 0.2) is 11.6 Å². The van der Waals surface area contributed by atoms with Gasteiger partial charge in [0.25, 0.3) is 0 Å². The summed E-state index contributed by atoms with van der Waals surface area (Å²) < 4.78 is 39.1. The van der Waals surface area contributed by atoms with Crippen LogP contribution >= 0.6 is 0 Å². The summed E-state index contributed by atoms with van der Waals surface area (Å²) in [6.45, 7) is 9.88. The number of carbonyl (C=O) groups excluding carboxylic acids is 2. The minimum absolute atomic E-state index is 0. The molecule has 0 aliphatic rings. The van der Waals surface area contributed by atoms with E-state index in [4.69, 9.17) is 17.1 Å². The standard InChI is InChI=1S/C18H14N.4C17H12N.C12H10N.2C5H8O2.5Ir/c1-14-6-2-3-7-17(14)15-9-11-16(12-10-15)18-8-4-5-13-19-18;1-3-7-14(8-4-1)16-11-12-17(18-13-16)15-9-5-2-6-10-15;1-2-7-14(8-3-1)15-9-6-10-16(13-15)17-11-4-5-12-18-17;2*1-2-6-14(7-3-1)15-9-11-16(12-10-15)17-8-4-5-13-18-17;1-10-6-5-9-13-12(10)11-7-3-2-4-8-11;2*1-4(6)3-5(2)7;;;;;/h2-11,13H,1H3;2*1-9,11-13H;2*1-11,13H;2-7,9H,1H3;2*3,6H,1-2H3;;;;;/q6*-1;;;;;;;/i;1D,3D,4D,7D,8D;;;;;;;;;;;. The fourth-order valence-electron chi connectivity index (χ4n) is 11.5. The van der Waals surface area contributed by atoms with Crippen LogP contribution in [0, 0.1) is 50.2 Å². The summed E-state index contributed by atoms with van der Waals surface area (Å²) in [4.78, 5) is 46.0. The van der Waals surface area contributed by atoms with Gasteiger partial charge >= 0.3 is 0 Å². The summed E-state index contributed by atoms with van der Waals surface area (Å²) in [5.41, 5.74) is 24.3. The number of carbonyl (C=O) groups is 2. The maximum atomic E-state index is 10.0. The number of rotatable bonds is 13. The first-order valence-corrected chi connectivity index (χ1v) is 37.9. The predicted octanol–water partition coefficient (Wildman–Crippen LogP) is 26.3. The molecule has 11 aromatic carbocycles. The first-order chi connectivity index (χ1) is 59.8. The van der Waals surface area contributed by atoms with Crippen molar-refractivity contribution in [3.63, 3.8) is 0 Å². The van der Waals surface area contributed by atoms with Crippen molar-refractivity contribution in [3.8, 4) is 123 Å². The van der Waals surface area contributed by atoms with Gasteiger partial charge in [-0.15, -0.1) is 197 Å². The molecule has 0 spiro atoms. The van der Waals surface area contributed by atoms with Crippen LogP contribution < -0.4 is 0 Å². The maximum Gasteiger partial charge on any atom is 0.155 e. The Bertz CT molecular complexity index is 5850. The van der Waals surface area contributed by atoms with Crippen LogP contribution in [0.15, 0.2) is 425 Å². The van der Waals surface area contributed by atoms with E-state index < -0.39 is 6.04 Å². The Kier molecular flexibility index (Phi) is 42.9. The fraction of sp³-hybridized carbons (Fsp3) is 0.0556. The Balaban J connectivity index is 0.000000263. The van der Waals surface area contributed by atoms with Gasteiger partial charge in [-0.2, -0.15) is 0 Å². The molecule has 2 N–H and O–H groups in total. The van der Waals surface area contributed by atoms with Gasteiger partial charge in [0.05, 0.1) is 18.4 Å². The molecule has 15 heteroatoms. The topological polar surface area (TPSA) is 152 Å². The molecule has 0 saturated carbocycles. The smallest absolute Gasteiger partial charge is 0.155 e. The molecule has 10 nitrogen and oxygen atoms in total. The van der Waals surface area contributed by atoms with Gasteiger partial charge in [-0.05, 0) is 123 Å². The number of aromatic nitrogens is 6. The molecule has 5 radical (unpaired) electrons. The van der Waals surface area contributed by atoms with Gasteiger partial charge in [0.1, 0.15) is 0 Å². The summed E-state index contributed by atoms with van der Waals surface area (Å²) in [6.07, 6.45) is 12.9. The maximum absolute atomic E-state index is 10.0. The monoisotopic (exact) mass is 2500 g/mol. The Hall–Kier alpha value is -12.0. The van der Waals surface area contributed by atoms with Crippen molar-refractivity contribution < 1.29 is 127 Å². The third kappa shape index (κ3) is 34.8. The SMILES string of the molecule is CC(=O)C=C(C)O.CC(=O)C=C(C)O.Cc1ccccc1-c1c[c-]c(-c2ccccn2)cc1.Cc1cccnc1-c1[c-]cccc1.[2H]c1c([2H])c([2H])c(-c2ccc(-c3[c-]cccc3)nc2)c([2H])c1[2H].[Ir].[Ir].[Ir].[Ir].[Ir].[c-]1cc(-c2ccccc2)ccc1-c1ccccn1.[c-]1cc(-c2ccccc2)ccc1-c1ccccn1.[c-]1ccc(-c2ccccc2)cc1-c1ccccn1. The van der Waals surface area contributed by atoms with Gasteiger partial charge in [-0.3, -0.25) is 9.59 Å². The Morgan fingerprint density at radius 3 is 1.03 bits per heavy atom. The predicted molar refractivity (Wildman–Crippen MR) is 482 cm³/mol. The molecular weight excluding hydrogens is 2410 g/mol. The number of aliphatic hydroxyl groups excluding tert-OH is 2. The number of ketones is 2. The van der Waals surface area contributed by atoms with Crippen molar-refractivity contribution in [2.24, 2.45) is 0 Å². The fourth-order valence-corrected chi connectivity index (χ4v) is 11.5. The molecule has 0 unspecified atom stereocenters. The van der Waals surface area contributed by atoms with Gasteiger partial charge < -0.3 is 40.1 Å². The molecule has 17 aromatic rings. The summed E-state index contributed by atoms with van der Waals surface area (Å²) in [5.74, 6) is -0.125. The molecule has 625 valence electrons. The molecule has 6 heterocycles. The Labute approximate surface area is 798 Å². The minimum Gasteiger partial charge on any atom is -0.512 e. The number of aliphatic hydroxyl groups is 2. The van der Waals surface area contributed by atoms with Gasteiger partial charge in [0.2, 0.25) is 0 Å². The Morgan fingerprint density at radius 2 is 0.659 bits per heavy atom. The molecule has 0 aliphatic heterocycles. The van der Waals surface area contributed by atoms with Crippen molar-refractivity contribution >= 4 is 11.6 Å². The van der Waals surface area contributed by atoms with Crippen LogP contribution in [-0.4, -0.2) is 51.7 Å². The largest absolute Gasteiger partial charge is 0.512 e. The first kappa shape index (κ1) is 93.3.